The van der Waals surface area contributed by atoms with Gasteiger partial charge in [-0.15, -0.1) is 0 Å². The number of rotatable bonds is 6. The Bertz CT molecular complexity index is 645. The van der Waals surface area contributed by atoms with E-state index in [1.165, 1.54) is 36.4 Å². The van der Waals surface area contributed by atoms with Gasteiger partial charge in [0.15, 0.2) is 0 Å². The van der Waals surface area contributed by atoms with E-state index in [4.69, 9.17) is 0 Å². The zero-order valence-electron chi connectivity index (χ0n) is 12.2. The number of hydrogen-bond acceptors (Lipinski definition) is 2. The van der Waals surface area contributed by atoms with Crippen LogP contribution in [0.4, 0.5) is 18.9 Å². The van der Waals surface area contributed by atoms with Crippen LogP contribution in [0.2, 0.25) is 0 Å². The van der Waals surface area contributed by atoms with Crippen molar-refractivity contribution in [3.63, 3.8) is 0 Å². The van der Waals surface area contributed by atoms with Crippen LogP contribution in [-0.2, 0) is 11.2 Å². The normalized spacial score (nSPS) is 12.7. The van der Waals surface area contributed by atoms with Gasteiger partial charge >= 0.3 is 5.92 Å². The first-order valence-electron chi connectivity index (χ1n) is 7.03. The first-order chi connectivity index (χ1) is 10.9. The quantitative estimate of drug-likeness (QED) is 0.856. The number of aliphatic hydroxyl groups excluding tert-OH is 1. The lowest BCUT2D eigenvalue weighted by Crippen LogP contribution is -2.38. The molecule has 0 bridgehead atoms. The highest BCUT2D eigenvalue weighted by Crippen LogP contribution is 2.24. The Balaban J connectivity index is 1.93. The van der Waals surface area contributed by atoms with E-state index in [2.05, 4.69) is 5.32 Å². The first-order valence-corrected chi connectivity index (χ1v) is 7.03. The molecule has 2 aromatic rings. The SMILES string of the molecule is O=C(Nc1ccccc1)C(F)(F)CC(O)Cc1ccc(F)cc1. The number of carbonyl (C=O) groups is 1. The molecule has 122 valence electrons. The summed E-state index contributed by atoms with van der Waals surface area (Å²) in [6.07, 6.45) is -2.52. The summed E-state index contributed by atoms with van der Waals surface area (Å²) in [6, 6.07) is 13.1. The molecule has 0 aliphatic carbocycles. The van der Waals surface area contributed by atoms with Crippen molar-refractivity contribution in [1.29, 1.82) is 0 Å². The van der Waals surface area contributed by atoms with Crippen molar-refractivity contribution in [2.45, 2.75) is 24.9 Å². The predicted molar refractivity (Wildman–Crippen MR) is 80.7 cm³/mol. The van der Waals surface area contributed by atoms with E-state index in [1.54, 1.807) is 18.2 Å². The second-order valence-electron chi connectivity index (χ2n) is 5.21. The minimum absolute atomic E-state index is 0.0888. The van der Waals surface area contributed by atoms with Gasteiger partial charge in [-0.2, -0.15) is 8.78 Å². The Hall–Kier alpha value is -2.34. The third kappa shape index (κ3) is 5.10. The van der Waals surface area contributed by atoms with Gasteiger partial charge in [0.05, 0.1) is 6.10 Å². The van der Waals surface area contributed by atoms with Gasteiger partial charge in [-0.25, -0.2) is 4.39 Å². The highest BCUT2D eigenvalue weighted by Gasteiger charge is 2.40. The van der Waals surface area contributed by atoms with Crippen LogP contribution in [0.1, 0.15) is 12.0 Å². The molecule has 6 heteroatoms. The number of para-hydroxylation sites is 1. The zero-order valence-corrected chi connectivity index (χ0v) is 12.2. The van der Waals surface area contributed by atoms with Gasteiger partial charge in [-0.3, -0.25) is 4.79 Å². The maximum Gasteiger partial charge on any atom is 0.327 e. The van der Waals surface area contributed by atoms with Gasteiger partial charge in [0.1, 0.15) is 5.82 Å². The Morgan fingerprint density at radius 2 is 1.70 bits per heavy atom. The van der Waals surface area contributed by atoms with Crippen molar-refractivity contribution in [2.75, 3.05) is 5.32 Å². The standard InChI is InChI=1S/C17H16F3NO2/c18-13-8-6-12(7-9-13)10-15(22)11-17(19,20)16(23)21-14-4-2-1-3-5-14/h1-9,15,22H,10-11H2,(H,21,23). The van der Waals surface area contributed by atoms with E-state index in [-0.39, 0.29) is 12.1 Å². The van der Waals surface area contributed by atoms with Crippen LogP contribution in [0.15, 0.2) is 54.6 Å². The summed E-state index contributed by atoms with van der Waals surface area (Å²) in [5.41, 5.74) is 0.767. The lowest BCUT2D eigenvalue weighted by molar-refractivity contribution is -0.143. The monoisotopic (exact) mass is 323 g/mol. The summed E-state index contributed by atoms with van der Waals surface area (Å²) >= 11 is 0. The highest BCUT2D eigenvalue weighted by molar-refractivity contribution is 5.96. The van der Waals surface area contributed by atoms with Crippen molar-refractivity contribution in [2.24, 2.45) is 0 Å². The van der Waals surface area contributed by atoms with Crippen LogP contribution in [0.3, 0.4) is 0 Å². The number of aliphatic hydroxyl groups is 1. The average molecular weight is 323 g/mol. The van der Waals surface area contributed by atoms with E-state index >= 15 is 0 Å². The van der Waals surface area contributed by atoms with E-state index < -0.39 is 30.2 Å². The minimum Gasteiger partial charge on any atom is -0.393 e. The minimum atomic E-state index is -3.71. The van der Waals surface area contributed by atoms with Crippen LogP contribution in [0, 0.1) is 5.82 Å². The molecule has 0 aliphatic rings. The molecule has 1 unspecified atom stereocenters. The third-order valence-corrected chi connectivity index (χ3v) is 3.24. The lowest BCUT2D eigenvalue weighted by atomic mass is 10.0. The van der Waals surface area contributed by atoms with Crippen molar-refractivity contribution in [3.05, 3.63) is 66.0 Å². The molecule has 0 spiro atoms. The average Bonchev–Trinajstić information content (AvgIpc) is 2.50. The summed E-state index contributed by atoms with van der Waals surface area (Å²) in [7, 11) is 0. The molecular weight excluding hydrogens is 307 g/mol. The third-order valence-electron chi connectivity index (χ3n) is 3.24. The number of nitrogens with one attached hydrogen (secondary N) is 1. The molecule has 2 N–H and O–H groups in total. The summed E-state index contributed by atoms with van der Waals surface area (Å²) in [4.78, 5) is 11.6. The van der Waals surface area contributed by atoms with Gasteiger partial charge < -0.3 is 10.4 Å². The van der Waals surface area contributed by atoms with Crippen LogP contribution < -0.4 is 5.32 Å². The number of halogens is 3. The van der Waals surface area contributed by atoms with Gasteiger partial charge in [0, 0.05) is 12.1 Å². The number of hydrogen-bond donors (Lipinski definition) is 2. The molecule has 0 heterocycles. The first kappa shape index (κ1) is 17.0. The smallest absolute Gasteiger partial charge is 0.327 e. The second-order valence-corrected chi connectivity index (χ2v) is 5.21. The second kappa shape index (κ2) is 7.28. The summed E-state index contributed by atoms with van der Waals surface area (Å²) in [6.45, 7) is 0. The van der Waals surface area contributed by atoms with Crippen LogP contribution in [-0.4, -0.2) is 23.0 Å². The number of anilines is 1. The van der Waals surface area contributed by atoms with Crippen LogP contribution >= 0.6 is 0 Å². The molecular formula is C17H16F3NO2. The van der Waals surface area contributed by atoms with Crippen LogP contribution in [0.25, 0.3) is 0 Å². The Morgan fingerprint density at radius 3 is 2.30 bits per heavy atom. The van der Waals surface area contributed by atoms with E-state index in [9.17, 15) is 23.1 Å². The number of benzene rings is 2. The molecule has 1 atom stereocenters. The van der Waals surface area contributed by atoms with Gasteiger partial charge in [-0.05, 0) is 36.2 Å². The Morgan fingerprint density at radius 1 is 1.09 bits per heavy atom. The molecule has 0 aliphatic heterocycles. The molecule has 2 rings (SSSR count). The maximum absolute atomic E-state index is 13.9. The summed E-state index contributed by atoms with van der Waals surface area (Å²) in [5.74, 6) is -5.63. The van der Waals surface area contributed by atoms with E-state index in [0.29, 0.717) is 5.56 Å². The summed E-state index contributed by atoms with van der Waals surface area (Å²) in [5, 5.41) is 11.9. The topological polar surface area (TPSA) is 49.3 Å². The number of carbonyl (C=O) groups excluding carboxylic acids is 1. The lowest BCUT2D eigenvalue weighted by Gasteiger charge is -2.19. The maximum atomic E-state index is 13.9. The van der Waals surface area contributed by atoms with Gasteiger partial charge in [0.2, 0.25) is 0 Å². The van der Waals surface area contributed by atoms with Crippen LogP contribution in [0.5, 0.6) is 0 Å². The Kier molecular flexibility index (Phi) is 5.39. The molecule has 0 aromatic heterocycles. The largest absolute Gasteiger partial charge is 0.393 e. The van der Waals surface area contributed by atoms with Crippen molar-refractivity contribution < 1.29 is 23.1 Å². The molecule has 0 fully saturated rings. The number of amides is 1. The van der Waals surface area contributed by atoms with Crippen molar-refractivity contribution in [1.82, 2.24) is 0 Å². The zero-order chi connectivity index (χ0) is 16.9. The van der Waals surface area contributed by atoms with Gasteiger partial charge in [-0.1, -0.05) is 30.3 Å². The summed E-state index contributed by atoms with van der Waals surface area (Å²) < 4.78 is 40.5. The van der Waals surface area contributed by atoms with Crippen molar-refractivity contribution >= 4 is 11.6 Å². The molecule has 2 aromatic carbocycles. The number of alkyl halides is 2. The van der Waals surface area contributed by atoms with Gasteiger partial charge in [0.25, 0.3) is 5.91 Å². The Labute approximate surface area is 131 Å². The highest BCUT2D eigenvalue weighted by atomic mass is 19.3. The molecule has 23 heavy (non-hydrogen) atoms. The molecule has 0 saturated heterocycles. The van der Waals surface area contributed by atoms with E-state index in [0.717, 1.165) is 0 Å². The fraction of sp³-hybridized carbons (Fsp3) is 0.235. The molecule has 1 amide bonds. The molecule has 3 nitrogen and oxygen atoms in total. The molecule has 0 saturated carbocycles. The van der Waals surface area contributed by atoms with E-state index in [1.807, 2.05) is 0 Å². The van der Waals surface area contributed by atoms with Crippen molar-refractivity contribution in [3.8, 4) is 0 Å². The predicted octanol–water partition coefficient (Wildman–Crippen LogP) is 3.39. The fourth-order valence-corrected chi connectivity index (χ4v) is 2.10. The fourth-order valence-electron chi connectivity index (χ4n) is 2.10. The molecule has 0 radical (unpaired) electrons.